The lowest BCUT2D eigenvalue weighted by Gasteiger charge is -2.17. The minimum Gasteiger partial charge on any atom is -0.300 e. The van der Waals surface area contributed by atoms with Gasteiger partial charge in [-0.2, -0.15) is 0 Å². The highest BCUT2D eigenvalue weighted by Crippen LogP contribution is 2.22. The average Bonchev–Trinajstić information content (AvgIpc) is 1.96. The fourth-order valence-corrected chi connectivity index (χ4v) is 1.53. The highest BCUT2D eigenvalue weighted by Gasteiger charge is 2.26. The number of carbonyl (C=O) groups excluding carboxylic acids is 3. The monoisotopic (exact) mass is 168 g/mol. The van der Waals surface area contributed by atoms with Crippen LogP contribution in [0.4, 0.5) is 0 Å². The van der Waals surface area contributed by atoms with Crippen molar-refractivity contribution in [3.8, 4) is 0 Å². The Balaban J connectivity index is 2.45. The number of carbonyl (C=O) groups is 3. The smallest absolute Gasteiger partial charge is 0.198 e. The van der Waals surface area contributed by atoms with E-state index >= 15 is 0 Å². The van der Waals surface area contributed by atoms with Crippen molar-refractivity contribution in [3.05, 3.63) is 0 Å². The molecule has 3 nitrogen and oxygen atoms in total. The van der Waals surface area contributed by atoms with Gasteiger partial charge >= 0.3 is 0 Å². The molecule has 0 aromatic rings. The van der Waals surface area contributed by atoms with Gasteiger partial charge in [0.15, 0.2) is 11.6 Å². The summed E-state index contributed by atoms with van der Waals surface area (Å²) in [6.07, 6.45) is 1.75. The maximum absolute atomic E-state index is 10.9. The molecule has 0 heterocycles. The lowest BCUT2D eigenvalue weighted by molar-refractivity contribution is -0.139. The summed E-state index contributed by atoms with van der Waals surface area (Å²) in [5.74, 6) is -0.350. The molecule has 1 saturated carbocycles. The molecule has 1 aliphatic rings. The van der Waals surface area contributed by atoms with Gasteiger partial charge in [0.25, 0.3) is 0 Å². The molecule has 1 aliphatic carbocycles. The normalized spacial score (nSPS) is 24.2. The van der Waals surface area contributed by atoms with Crippen LogP contribution in [0.25, 0.3) is 0 Å². The second-order valence-electron chi connectivity index (χ2n) is 3.36. The van der Waals surface area contributed by atoms with Gasteiger partial charge in [-0.05, 0) is 19.3 Å². The second kappa shape index (κ2) is 3.61. The molecule has 0 aliphatic heterocycles. The average molecular weight is 168 g/mol. The van der Waals surface area contributed by atoms with Crippen LogP contribution in [0, 0.1) is 5.92 Å². The molecule has 0 N–H and O–H groups in total. The largest absolute Gasteiger partial charge is 0.300 e. The van der Waals surface area contributed by atoms with Crippen LogP contribution in [0.5, 0.6) is 0 Å². The summed E-state index contributed by atoms with van der Waals surface area (Å²) in [4.78, 5) is 32.4. The minimum absolute atomic E-state index is 0.0992. The minimum atomic E-state index is -0.299. The van der Waals surface area contributed by atoms with Crippen molar-refractivity contribution >= 4 is 17.3 Å². The first-order chi connectivity index (χ1) is 5.59. The van der Waals surface area contributed by atoms with Crippen LogP contribution in [-0.2, 0) is 14.4 Å². The van der Waals surface area contributed by atoms with Crippen molar-refractivity contribution in [1.29, 1.82) is 0 Å². The van der Waals surface area contributed by atoms with E-state index < -0.39 is 0 Å². The van der Waals surface area contributed by atoms with Gasteiger partial charge in [-0.1, -0.05) is 0 Å². The molecule has 0 radical (unpaired) electrons. The van der Waals surface area contributed by atoms with Crippen molar-refractivity contribution in [2.45, 2.75) is 32.6 Å². The predicted octanol–water partition coefficient (Wildman–Crippen LogP) is 0.904. The van der Waals surface area contributed by atoms with Crippen LogP contribution in [0.15, 0.2) is 0 Å². The molecule has 0 amide bonds. The quantitative estimate of drug-likeness (QED) is 0.576. The molecule has 66 valence electrons. The summed E-state index contributed by atoms with van der Waals surface area (Å²) in [5, 5.41) is 0. The molecule has 1 fully saturated rings. The molecular weight excluding hydrogens is 156 g/mol. The first-order valence-corrected chi connectivity index (χ1v) is 4.15. The third kappa shape index (κ3) is 2.26. The molecule has 1 atom stereocenters. The summed E-state index contributed by atoms with van der Waals surface area (Å²) in [6.45, 7) is 1.51. The summed E-state index contributed by atoms with van der Waals surface area (Å²) in [7, 11) is 0. The topological polar surface area (TPSA) is 51.2 Å². The van der Waals surface area contributed by atoms with Gasteiger partial charge in [0, 0.05) is 19.3 Å². The van der Waals surface area contributed by atoms with Crippen molar-refractivity contribution in [2.24, 2.45) is 5.92 Å². The second-order valence-corrected chi connectivity index (χ2v) is 3.36. The van der Waals surface area contributed by atoms with Crippen LogP contribution in [0.1, 0.15) is 32.6 Å². The van der Waals surface area contributed by atoms with Gasteiger partial charge in [-0.25, -0.2) is 0 Å². The molecule has 0 aromatic heterocycles. The molecule has 3 heteroatoms. The van der Waals surface area contributed by atoms with E-state index in [1.807, 2.05) is 0 Å². The molecule has 0 saturated heterocycles. The first kappa shape index (κ1) is 9.10. The fraction of sp³-hybridized carbons (Fsp3) is 0.667. The fourth-order valence-electron chi connectivity index (χ4n) is 1.53. The first-order valence-electron chi connectivity index (χ1n) is 4.15. The van der Waals surface area contributed by atoms with Gasteiger partial charge in [0.2, 0.25) is 0 Å². The van der Waals surface area contributed by atoms with Crippen molar-refractivity contribution < 1.29 is 14.4 Å². The number of hydrogen-bond acceptors (Lipinski definition) is 3. The molecule has 12 heavy (non-hydrogen) atoms. The van der Waals surface area contributed by atoms with Crippen LogP contribution in [0.2, 0.25) is 0 Å². The van der Waals surface area contributed by atoms with Crippen molar-refractivity contribution in [2.75, 3.05) is 0 Å². The van der Waals surface area contributed by atoms with Crippen molar-refractivity contribution in [3.63, 3.8) is 0 Å². The van der Waals surface area contributed by atoms with Crippen molar-refractivity contribution in [1.82, 2.24) is 0 Å². The molecule has 1 unspecified atom stereocenters. The third-order valence-electron chi connectivity index (χ3n) is 2.14. The van der Waals surface area contributed by atoms with Crippen LogP contribution < -0.4 is 0 Å². The van der Waals surface area contributed by atoms with E-state index in [4.69, 9.17) is 0 Å². The molecular formula is C9H12O3. The molecule has 0 spiro atoms. The summed E-state index contributed by atoms with van der Waals surface area (Å²) < 4.78 is 0. The Morgan fingerprint density at radius 3 is 2.58 bits per heavy atom. The van der Waals surface area contributed by atoms with E-state index in [9.17, 15) is 14.4 Å². The van der Waals surface area contributed by atoms with E-state index in [0.29, 0.717) is 19.3 Å². The van der Waals surface area contributed by atoms with Crippen LogP contribution >= 0.6 is 0 Å². The van der Waals surface area contributed by atoms with Crippen LogP contribution in [-0.4, -0.2) is 17.3 Å². The molecule has 0 aromatic carbocycles. The lowest BCUT2D eigenvalue weighted by Crippen LogP contribution is -2.25. The Morgan fingerprint density at radius 2 is 2.08 bits per heavy atom. The SMILES string of the molecule is CC(=O)CC1CCC(=O)C(=O)C1. The number of Topliss-reactive ketones (excluding diaryl/α,β-unsaturated/α-hetero) is 3. The summed E-state index contributed by atoms with van der Waals surface area (Å²) in [6, 6.07) is 0. The standard InChI is InChI=1S/C9H12O3/c1-6(10)4-7-2-3-8(11)9(12)5-7/h7H,2-5H2,1H3. The maximum atomic E-state index is 10.9. The van der Waals surface area contributed by atoms with Gasteiger partial charge < -0.3 is 4.79 Å². The lowest BCUT2D eigenvalue weighted by atomic mass is 9.84. The van der Waals surface area contributed by atoms with Gasteiger partial charge in [0.05, 0.1) is 0 Å². The third-order valence-corrected chi connectivity index (χ3v) is 2.14. The Bertz CT molecular complexity index is 230. The molecule has 0 bridgehead atoms. The number of hydrogen-bond donors (Lipinski definition) is 0. The Hall–Kier alpha value is -0.990. The van der Waals surface area contributed by atoms with Gasteiger partial charge in [0.1, 0.15) is 5.78 Å². The number of ketones is 3. The zero-order valence-electron chi connectivity index (χ0n) is 7.13. The maximum Gasteiger partial charge on any atom is 0.198 e. The highest BCUT2D eigenvalue weighted by atomic mass is 16.2. The Labute approximate surface area is 71.1 Å². The zero-order chi connectivity index (χ0) is 9.14. The Morgan fingerprint density at radius 1 is 1.42 bits per heavy atom. The number of rotatable bonds is 2. The van der Waals surface area contributed by atoms with E-state index in [1.54, 1.807) is 0 Å². The van der Waals surface area contributed by atoms with E-state index in [0.717, 1.165) is 0 Å². The van der Waals surface area contributed by atoms with Crippen LogP contribution in [0.3, 0.4) is 0 Å². The van der Waals surface area contributed by atoms with E-state index in [2.05, 4.69) is 0 Å². The van der Waals surface area contributed by atoms with E-state index in [1.165, 1.54) is 6.92 Å². The van der Waals surface area contributed by atoms with Gasteiger partial charge in [-0.3, -0.25) is 9.59 Å². The van der Waals surface area contributed by atoms with Gasteiger partial charge in [-0.15, -0.1) is 0 Å². The highest BCUT2D eigenvalue weighted by molar-refractivity contribution is 6.37. The Kier molecular flexibility index (Phi) is 2.74. The van der Waals surface area contributed by atoms with E-state index in [-0.39, 0.29) is 29.7 Å². The summed E-state index contributed by atoms with van der Waals surface area (Å²) in [5.41, 5.74) is 0. The summed E-state index contributed by atoms with van der Waals surface area (Å²) >= 11 is 0. The molecule has 1 rings (SSSR count). The zero-order valence-corrected chi connectivity index (χ0v) is 7.13. The predicted molar refractivity (Wildman–Crippen MR) is 42.7 cm³/mol.